The molecule has 0 bridgehead atoms. The highest BCUT2D eigenvalue weighted by atomic mass is 16.5. The summed E-state index contributed by atoms with van der Waals surface area (Å²) >= 11 is 0. The highest BCUT2D eigenvalue weighted by Gasteiger charge is 2.20. The predicted molar refractivity (Wildman–Crippen MR) is 77.6 cm³/mol. The van der Waals surface area contributed by atoms with E-state index in [1.807, 2.05) is 0 Å². The zero-order valence-electron chi connectivity index (χ0n) is 12.0. The molecule has 0 aliphatic rings. The number of phenols is 1. The van der Waals surface area contributed by atoms with Gasteiger partial charge in [-0.3, -0.25) is 4.79 Å². The summed E-state index contributed by atoms with van der Waals surface area (Å²) in [5.41, 5.74) is 0.526. The molecular formula is C16H16O5. The van der Waals surface area contributed by atoms with Crippen LogP contribution in [0.3, 0.4) is 0 Å². The number of hydrogen-bond donors (Lipinski definition) is 1. The molecule has 0 saturated heterocycles. The molecule has 110 valence electrons. The van der Waals surface area contributed by atoms with Crippen molar-refractivity contribution in [2.45, 2.75) is 0 Å². The van der Waals surface area contributed by atoms with Gasteiger partial charge in [-0.15, -0.1) is 0 Å². The third kappa shape index (κ3) is 2.91. The first-order valence-corrected chi connectivity index (χ1v) is 6.24. The van der Waals surface area contributed by atoms with Crippen molar-refractivity contribution in [3.05, 3.63) is 47.5 Å². The summed E-state index contributed by atoms with van der Waals surface area (Å²) in [7, 11) is 4.45. The summed E-state index contributed by atoms with van der Waals surface area (Å²) in [6.45, 7) is 0. The molecule has 0 atom stereocenters. The van der Waals surface area contributed by atoms with Crippen LogP contribution in [0, 0.1) is 0 Å². The fraction of sp³-hybridized carbons (Fsp3) is 0.188. The minimum Gasteiger partial charge on any atom is -0.507 e. The Labute approximate surface area is 122 Å². The molecule has 0 spiro atoms. The first-order valence-electron chi connectivity index (χ1n) is 6.24. The molecular weight excluding hydrogens is 272 g/mol. The van der Waals surface area contributed by atoms with Crippen LogP contribution in [-0.4, -0.2) is 32.2 Å². The van der Waals surface area contributed by atoms with Gasteiger partial charge >= 0.3 is 0 Å². The molecule has 5 nitrogen and oxygen atoms in total. The third-order valence-electron chi connectivity index (χ3n) is 3.09. The van der Waals surface area contributed by atoms with Crippen LogP contribution < -0.4 is 14.2 Å². The first kappa shape index (κ1) is 14.7. The molecule has 0 unspecified atom stereocenters. The second-order valence-electron chi connectivity index (χ2n) is 4.28. The Kier molecular flexibility index (Phi) is 4.33. The van der Waals surface area contributed by atoms with Crippen molar-refractivity contribution >= 4 is 5.78 Å². The maximum Gasteiger partial charge on any atom is 0.200 e. The van der Waals surface area contributed by atoms with Gasteiger partial charge in [0, 0.05) is 17.7 Å². The molecule has 2 aromatic carbocycles. The molecule has 1 N–H and O–H groups in total. The largest absolute Gasteiger partial charge is 0.507 e. The van der Waals surface area contributed by atoms with Crippen molar-refractivity contribution in [3.63, 3.8) is 0 Å². The average molecular weight is 288 g/mol. The van der Waals surface area contributed by atoms with Crippen LogP contribution in [0.25, 0.3) is 0 Å². The van der Waals surface area contributed by atoms with Gasteiger partial charge in [0.15, 0.2) is 0 Å². The van der Waals surface area contributed by atoms with Gasteiger partial charge in [-0.05, 0) is 24.3 Å². The van der Waals surface area contributed by atoms with Gasteiger partial charge in [0.05, 0.1) is 21.3 Å². The number of benzene rings is 2. The predicted octanol–water partition coefficient (Wildman–Crippen LogP) is 2.65. The van der Waals surface area contributed by atoms with Crippen LogP contribution in [0.1, 0.15) is 15.9 Å². The number of rotatable bonds is 5. The van der Waals surface area contributed by atoms with E-state index in [2.05, 4.69) is 0 Å². The Morgan fingerprint density at radius 3 is 2.05 bits per heavy atom. The van der Waals surface area contributed by atoms with Gasteiger partial charge in [-0.25, -0.2) is 0 Å². The van der Waals surface area contributed by atoms with E-state index in [1.54, 1.807) is 37.4 Å². The summed E-state index contributed by atoms with van der Waals surface area (Å²) in [6.07, 6.45) is 0. The Balaban J connectivity index is 2.46. The van der Waals surface area contributed by atoms with E-state index >= 15 is 0 Å². The molecule has 0 aliphatic heterocycles. The molecule has 0 radical (unpaired) electrons. The summed E-state index contributed by atoms with van der Waals surface area (Å²) in [5.74, 6) is 0.794. The summed E-state index contributed by atoms with van der Waals surface area (Å²) < 4.78 is 15.3. The number of ketones is 1. The van der Waals surface area contributed by atoms with E-state index in [0.717, 1.165) is 0 Å². The number of hydrogen-bond acceptors (Lipinski definition) is 5. The molecule has 5 heteroatoms. The SMILES string of the molecule is COc1ccc(C(=O)c2c(O)cc(OC)cc2OC)cc1. The average Bonchev–Trinajstić information content (AvgIpc) is 2.53. The van der Waals surface area contributed by atoms with Crippen LogP contribution in [-0.2, 0) is 0 Å². The van der Waals surface area contributed by atoms with Crippen molar-refractivity contribution in [1.29, 1.82) is 0 Å². The van der Waals surface area contributed by atoms with E-state index < -0.39 is 0 Å². The Morgan fingerprint density at radius 1 is 0.905 bits per heavy atom. The smallest absolute Gasteiger partial charge is 0.200 e. The topological polar surface area (TPSA) is 65.0 Å². The number of carbonyl (C=O) groups excluding carboxylic acids is 1. The number of aromatic hydroxyl groups is 1. The van der Waals surface area contributed by atoms with Crippen LogP contribution in [0.4, 0.5) is 0 Å². The fourth-order valence-corrected chi connectivity index (χ4v) is 1.97. The number of methoxy groups -OCH3 is 3. The van der Waals surface area contributed by atoms with E-state index in [9.17, 15) is 9.90 Å². The maximum atomic E-state index is 12.5. The summed E-state index contributed by atoms with van der Waals surface area (Å²) in [4.78, 5) is 12.5. The highest BCUT2D eigenvalue weighted by molar-refractivity contribution is 6.12. The van der Waals surface area contributed by atoms with Crippen LogP contribution >= 0.6 is 0 Å². The van der Waals surface area contributed by atoms with E-state index in [-0.39, 0.29) is 22.8 Å². The van der Waals surface area contributed by atoms with Gasteiger partial charge in [-0.1, -0.05) is 0 Å². The minimum absolute atomic E-state index is 0.100. The van der Waals surface area contributed by atoms with E-state index in [1.165, 1.54) is 20.3 Å². The molecule has 0 aliphatic carbocycles. The lowest BCUT2D eigenvalue weighted by atomic mass is 10.0. The van der Waals surface area contributed by atoms with Crippen molar-refractivity contribution in [2.75, 3.05) is 21.3 Å². The lowest BCUT2D eigenvalue weighted by Gasteiger charge is -2.12. The normalized spacial score (nSPS) is 10.0. The molecule has 2 aromatic rings. The molecule has 0 saturated carbocycles. The number of phenolic OH excluding ortho intramolecular Hbond substituents is 1. The monoisotopic (exact) mass is 288 g/mol. The fourth-order valence-electron chi connectivity index (χ4n) is 1.97. The van der Waals surface area contributed by atoms with Crippen LogP contribution in [0.5, 0.6) is 23.0 Å². The number of ether oxygens (including phenoxy) is 3. The number of carbonyl (C=O) groups is 1. The molecule has 0 heterocycles. The minimum atomic E-state index is -0.338. The van der Waals surface area contributed by atoms with Crippen molar-refractivity contribution in [3.8, 4) is 23.0 Å². The molecule has 2 rings (SSSR count). The highest BCUT2D eigenvalue weighted by Crippen LogP contribution is 2.35. The molecule has 0 aromatic heterocycles. The standard InChI is InChI=1S/C16H16O5/c1-19-11-6-4-10(5-7-11)16(18)15-13(17)8-12(20-2)9-14(15)21-3/h4-9,17H,1-3H3. The van der Waals surface area contributed by atoms with Crippen molar-refractivity contribution in [1.82, 2.24) is 0 Å². The van der Waals surface area contributed by atoms with Gasteiger partial charge in [0.2, 0.25) is 5.78 Å². The van der Waals surface area contributed by atoms with Gasteiger partial charge in [0.1, 0.15) is 28.6 Å². The molecule has 21 heavy (non-hydrogen) atoms. The summed E-state index contributed by atoms with van der Waals surface area (Å²) in [6, 6.07) is 9.55. The molecule has 0 amide bonds. The van der Waals surface area contributed by atoms with Crippen molar-refractivity contribution < 1.29 is 24.1 Å². The van der Waals surface area contributed by atoms with Crippen LogP contribution in [0.15, 0.2) is 36.4 Å². The van der Waals surface area contributed by atoms with E-state index in [0.29, 0.717) is 17.1 Å². The quantitative estimate of drug-likeness (QED) is 0.857. The van der Waals surface area contributed by atoms with Crippen LogP contribution in [0.2, 0.25) is 0 Å². The van der Waals surface area contributed by atoms with E-state index in [4.69, 9.17) is 14.2 Å². The second kappa shape index (κ2) is 6.17. The molecule has 0 fully saturated rings. The van der Waals surface area contributed by atoms with Gasteiger partial charge < -0.3 is 19.3 Å². The Bertz CT molecular complexity index is 646. The van der Waals surface area contributed by atoms with Gasteiger partial charge in [0.25, 0.3) is 0 Å². The second-order valence-corrected chi connectivity index (χ2v) is 4.28. The zero-order chi connectivity index (χ0) is 15.4. The lowest BCUT2D eigenvalue weighted by Crippen LogP contribution is -2.05. The zero-order valence-corrected chi connectivity index (χ0v) is 12.0. The first-order chi connectivity index (χ1) is 10.1. The van der Waals surface area contributed by atoms with Gasteiger partial charge in [-0.2, -0.15) is 0 Å². The summed E-state index contributed by atoms with van der Waals surface area (Å²) in [5, 5.41) is 10.1. The Morgan fingerprint density at radius 2 is 1.52 bits per heavy atom. The third-order valence-corrected chi connectivity index (χ3v) is 3.09. The maximum absolute atomic E-state index is 12.5. The lowest BCUT2D eigenvalue weighted by molar-refractivity contribution is 0.103. The van der Waals surface area contributed by atoms with Crippen molar-refractivity contribution in [2.24, 2.45) is 0 Å². The Hall–Kier alpha value is -2.69.